The van der Waals surface area contributed by atoms with Gasteiger partial charge in [0.2, 0.25) is 0 Å². The quantitative estimate of drug-likeness (QED) is 0.298. The van der Waals surface area contributed by atoms with Crippen LogP contribution in [0.3, 0.4) is 0 Å². The molecular formula is C18H34N2O2Si. The minimum Gasteiger partial charge on any atom is -0.442 e. The van der Waals surface area contributed by atoms with Gasteiger partial charge in [-0.05, 0) is 39.5 Å². The Morgan fingerprint density at radius 1 is 1.26 bits per heavy atom. The van der Waals surface area contributed by atoms with Crippen LogP contribution in [0.4, 0.5) is 4.79 Å². The van der Waals surface area contributed by atoms with Crippen molar-refractivity contribution in [2.24, 2.45) is 11.0 Å². The molecule has 1 fully saturated rings. The predicted molar refractivity (Wildman–Crippen MR) is 100 cm³/mol. The maximum atomic E-state index is 12.6. The van der Waals surface area contributed by atoms with Crippen LogP contribution in [0, 0.1) is 5.92 Å². The number of carbonyl (C=O) groups is 1. The van der Waals surface area contributed by atoms with E-state index in [1.54, 1.807) is 0 Å². The monoisotopic (exact) mass is 338 g/mol. The first kappa shape index (κ1) is 19.9. The van der Waals surface area contributed by atoms with E-state index in [9.17, 15) is 4.79 Å². The van der Waals surface area contributed by atoms with E-state index in [4.69, 9.17) is 4.74 Å². The topological polar surface area (TPSA) is 41.9 Å². The molecule has 0 aromatic carbocycles. The van der Waals surface area contributed by atoms with Crippen molar-refractivity contribution in [3.63, 3.8) is 0 Å². The first-order valence-corrected chi connectivity index (χ1v) is 12.3. The molecule has 1 aliphatic carbocycles. The number of hydrogen-bond acceptors (Lipinski definition) is 3. The van der Waals surface area contributed by atoms with Crippen molar-refractivity contribution in [3.8, 4) is 0 Å². The molecule has 1 atom stereocenters. The van der Waals surface area contributed by atoms with Gasteiger partial charge >= 0.3 is 6.09 Å². The van der Waals surface area contributed by atoms with Gasteiger partial charge in [0.25, 0.3) is 0 Å². The van der Waals surface area contributed by atoms with E-state index >= 15 is 0 Å². The second-order valence-corrected chi connectivity index (χ2v) is 13.9. The summed E-state index contributed by atoms with van der Waals surface area (Å²) in [6.07, 6.45) is 9.56. The highest BCUT2D eigenvalue weighted by Gasteiger charge is 2.35. The SMILES string of the molecule is C=CC(N(/N=C/C1CCCCC1)C(=O)OC(C)(C)C)[Si](C)(C)C. The standard InChI is InChI=1S/C18H34N2O2Si/c1-8-16(23(5,6)7)20(17(21)22-18(2,3)4)19-14-15-12-10-9-11-13-15/h8,14-16H,1,9-13H2,2-7H3/b19-14+. The third-order valence-corrected chi connectivity index (χ3v) is 6.26. The van der Waals surface area contributed by atoms with Gasteiger partial charge in [-0.3, -0.25) is 0 Å². The summed E-state index contributed by atoms with van der Waals surface area (Å²) in [6.45, 7) is 16.2. The zero-order valence-corrected chi connectivity index (χ0v) is 16.8. The molecule has 0 saturated heterocycles. The molecule has 1 saturated carbocycles. The number of amides is 1. The molecule has 4 nitrogen and oxygen atoms in total. The van der Waals surface area contributed by atoms with Crippen LogP contribution in [-0.4, -0.2) is 36.7 Å². The summed E-state index contributed by atoms with van der Waals surface area (Å²) in [6, 6.07) is 0. The summed E-state index contributed by atoms with van der Waals surface area (Å²) in [7, 11) is -1.68. The van der Waals surface area contributed by atoms with Crippen LogP contribution in [0.25, 0.3) is 0 Å². The average Bonchev–Trinajstić information content (AvgIpc) is 2.41. The molecule has 0 heterocycles. The van der Waals surface area contributed by atoms with E-state index in [2.05, 4.69) is 31.3 Å². The Labute approximate surface area is 143 Å². The van der Waals surface area contributed by atoms with E-state index in [-0.39, 0.29) is 11.8 Å². The van der Waals surface area contributed by atoms with Crippen LogP contribution in [0.15, 0.2) is 17.8 Å². The van der Waals surface area contributed by atoms with E-state index < -0.39 is 13.7 Å². The van der Waals surface area contributed by atoms with Gasteiger partial charge in [0.1, 0.15) is 5.60 Å². The zero-order valence-electron chi connectivity index (χ0n) is 15.8. The molecule has 0 radical (unpaired) electrons. The number of ether oxygens (including phenoxy) is 1. The van der Waals surface area contributed by atoms with Crippen LogP contribution < -0.4 is 0 Å². The average molecular weight is 339 g/mol. The summed E-state index contributed by atoms with van der Waals surface area (Å²) in [5, 5.41) is 6.09. The molecule has 1 amide bonds. The van der Waals surface area contributed by atoms with Gasteiger partial charge in [-0.15, -0.1) is 6.58 Å². The lowest BCUT2D eigenvalue weighted by Crippen LogP contribution is -2.51. The highest BCUT2D eigenvalue weighted by Crippen LogP contribution is 2.24. The Bertz CT molecular complexity index is 429. The van der Waals surface area contributed by atoms with Crippen LogP contribution in [-0.2, 0) is 4.74 Å². The third-order valence-electron chi connectivity index (χ3n) is 4.01. The van der Waals surface area contributed by atoms with Crippen LogP contribution in [0.1, 0.15) is 52.9 Å². The fourth-order valence-corrected chi connectivity index (χ4v) is 4.42. The molecule has 0 bridgehead atoms. The van der Waals surface area contributed by atoms with E-state index in [1.807, 2.05) is 33.1 Å². The second kappa shape index (κ2) is 8.13. The Balaban J connectivity index is 2.97. The fourth-order valence-electron chi connectivity index (χ4n) is 2.81. The molecule has 5 heteroatoms. The Hall–Kier alpha value is -1.10. The molecule has 1 rings (SSSR count). The van der Waals surface area contributed by atoms with Crippen LogP contribution in [0.2, 0.25) is 19.6 Å². The normalized spacial score (nSPS) is 18.7. The van der Waals surface area contributed by atoms with Crippen molar-refractivity contribution < 1.29 is 9.53 Å². The molecule has 1 aliphatic rings. The Morgan fingerprint density at radius 3 is 2.26 bits per heavy atom. The second-order valence-electron chi connectivity index (χ2n) is 8.53. The van der Waals surface area contributed by atoms with Crippen molar-refractivity contribution >= 4 is 20.4 Å². The molecule has 132 valence electrons. The molecule has 23 heavy (non-hydrogen) atoms. The highest BCUT2D eigenvalue weighted by molar-refractivity contribution is 6.78. The minimum atomic E-state index is -1.68. The van der Waals surface area contributed by atoms with Gasteiger partial charge in [-0.1, -0.05) is 45.0 Å². The minimum absolute atomic E-state index is 0.0720. The van der Waals surface area contributed by atoms with Gasteiger partial charge in [-0.25, -0.2) is 4.79 Å². The number of rotatable bonds is 5. The predicted octanol–water partition coefficient (Wildman–Crippen LogP) is 5.22. The van der Waals surface area contributed by atoms with Gasteiger partial charge in [0, 0.05) is 6.21 Å². The number of hydrazone groups is 1. The van der Waals surface area contributed by atoms with Crippen LogP contribution in [0.5, 0.6) is 0 Å². The summed E-state index contributed by atoms with van der Waals surface area (Å²) in [5.74, 6) is 0.473. The van der Waals surface area contributed by atoms with E-state index in [0.29, 0.717) is 5.92 Å². The molecule has 0 aliphatic heterocycles. The van der Waals surface area contributed by atoms with Gasteiger partial charge in [0.05, 0.1) is 13.7 Å². The highest BCUT2D eigenvalue weighted by atomic mass is 28.3. The molecule has 0 spiro atoms. The summed E-state index contributed by atoms with van der Waals surface area (Å²) in [5.41, 5.74) is -0.599. The lowest BCUT2D eigenvalue weighted by molar-refractivity contribution is 0.0247. The fraction of sp³-hybridized carbons (Fsp3) is 0.778. The van der Waals surface area contributed by atoms with Crippen molar-refractivity contribution in [1.29, 1.82) is 0 Å². The van der Waals surface area contributed by atoms with Gasteiger partial charge in [0.15, 0.2) is 0 Å². The van der Waals surface area contributed by atoms with Crippen LogP contribution >= 0.6 is 0 Å². The first-order chi connectivity index (χ1) is 10.5. The lowest BCUT2D eigenvalue weighted by Gasteiger charge is -2.35. The van der Waals surface area contributed by atoms with Gasteiger partial charge in [-0.2, -0.15) is 10.1 Å². The van der Waals surface area contributed by atoms with Gasteiger partial charge < -0.3 is 4.74 Å². The Kier molecular flexibility index (Phi) is 7.05. The summed E-state index contributed by atoms with van der Waals surface area (Å²) in [4.78, 5) is 12.6. The van der Waals surface area contributed by atoms with Crippen molar-refractivity contribution in [2.45, 2.75) is 83.8 Å². The van der Waals surface area contributed by atoms with E-state index in [1.165, 1.54) is 24.3 Å². The molecular weight excluding hydrogens is 304 g/mol. The molecule has 1 unspecified atom stereocenters. The summed E-state index contributed by atoms with van der Waals surface area (Å²) < 4.78 is 5.57. The number of nitrogens with zero attached hydrogens (tertiary/aromatic N) is 2. The van der Waals surface area contributed by atoms with Crippen molar-refractivity contribution in [3.05, 3.63) is 12.7 Å². The van der Waals surface area contributed by atoms with E-state index in [0.717, 1.165) is 12.8 Å². The lowest BCUT2D eigenvalue weighted by atomic mass is 9.90. The van der Waals surface area contributed by atoms with Crippen molar-refractivity contribution in [2.75, 3.05) is 0 Å². The molecule has 0 aromatic heterocycles. The largest absolute Gasteiger partial charge is 0.442 e. The smallest absolute Gasteiger partial charge is 0.431 e. The third kappa shape index (κ3) is 6.90. The van der Waals surface area contributed by atoms with Crippen molar-refractivity contribution in [1.82, 2.24) is 5.01 Å². The molecule has 0 aromatic rings. The number of hydrogen-bond donors (Lipinski definition) is 0. The zero-order chi connectivity index (χ0) is 17.7. The Morgan fingerprint density at radius 2 is 1.83 bits per heavy atom. The first-order valence-electron chi connectivity index (χ1n) is 8.73. The maximum Gasteiger partial charge on any atom is 0.431 e. The molecule has 0 N–H and O–H groups in total. The number of carbonyl (C=O) groups excluding carboxylic acids is 1. The summed E-state index contributed by atoms with van der Waals surface area (Å²) >= 11 is 0. The maximum absolute atomic E-state index is 12.6.